The number of hydrogen-bond donors (Lipinski definition) is 2. The van der Waals surface area contributed by atoms with Gasteiger partial charge in [0.1, 0.15) is 5.82 Å². The second-order valence-electron chi connectivity index (χ2n) is 6.47. The van der Waals surface area contributed by atoms with E-state index in [4.69, 9.17) is 0 Å². The topological polar surface area (TPSA) is 70.2 Å². The molecule has 0 aliphatic carbocycles. The van der Waals surface area contributed by atoms with Crippen LogP contribution in [0.15, 0.2) is 18.6 Å². The summed E-state index contributed by atoms with van der Waals surface area (Å²) in [5, 5.41) is 6.55. The number of carbonyl (C=O) groups excluding carboxylic acids is 1. The average Bonchev–Trinajstić information content (AvgIpc) is 2.56. The van der Waals surface area contributed by atoms with E-state index < -0.39 is 0 Å². The number of hydrogen-bond acceptors (Lipinski definition) is 5. The molecule has 0 radical (unpaired) electrons. The number of piperidine rings is 2. The smallest absolute Gasteiger partial charge is 0.237 e. The van der Waals surface area contributed by atoms with Gasteiger partial charge in [0.25, 0.3) is 0 Å². The molecule has 120 valence electrons. The summed E-state index contributed by atoms with van der Waals surface area (Å²) in [6.07, 6.45) is 9.25. The summed E-state index contributed by atoms with van der Waals surface area (Å²) in [4.78, 5) is 23.0. The predicted molar refractivity (Wildman–Crippen MR) is 85.6 cm³/mol. The van der Waals surface area contributed by atoms with E-state index in [-0.39, 0.29) is 18.0 Å². The molecule has 2 atom stereocenters. The number of nitrogens with one attached hydrogen (secondary N) is 2. The Bertz CT molecular complexity index is 487. The Morgan fingerprint density at radius 2 is 2.14 bits per heavy atom. The third-order valence-corrected chi connectivity index (χ3v) is 4.70. The van der Waals surface area contributed by atoms with E-state index in [2.05, 4.69) is 32.4 Å². The molecule has 0 spiro atoms. The van der Waals surface area contributed by atoms with E-state index in [1.54, 1.807) is 18.6 Å². The van der Waals surface area contributed by atoms with Gasteiger partial charge in [0.2, 0.25) is 5.91 Å². The largest absolute Gasteiger partial charge is 0.355 e. The van der Waals surface area contributed by atoms with Crippen LogP contribution in [0, 0.1) is 5.92 Å². The summed E-state index contributed by atoms with van der Waals surface area (Å²) in [6, 6.07) is 0.265. The van der Waals surface area contributed by atoms with Crippen LogP contribution in [0.4, 0.5) is 5.82 Å². The van der Waals surface area contributed by atoms with Crippen LogP contribution in [-0.4, -0.2) is 47.6 Å². The van der Waals surface area contributed by atoms with Crippen LogP contribution in [0.25, 0.3) is 0 Å². The molecule has 2 saturated heterocycles. The Hall–Kier alpha value is -1.69. The minimum atomic E-state index is -0.0123. The fraction of sp³-hybridized carbons (Fsp3) is 0.688. The summed E-state index contributed by atoms with van der Waals surface area (Å²) in [7, 11) is 0. The molecular weight excluding hydrogens is 278 g/mol. The van der Waals surface area contributed by atoms with Crippen molar-refractivity contribution < 1.29 is 4.79 Å². The molecule has 6 nitrogen and oxygen atoms in total. The zero-order valence-corrected chi connectivity index (χ0v) is 13.2. The number of amides is 1. The Labute approximate surface area is 131 Å². The van der Waals surface area contributed by atoms with Crippen LogP contribution in [0.1, 0.15) is 32.6 Å². The normalized spacial score (nSPS) is 26.7. The van der Waals surface area contributed by atoms with Gasteiger partial charge in [-0.3, -0.25) is 9.78 Å². The highest BCUT2D eigenvalue weighted by molar-refractivity contribution is 5.82. The highest BCUT2D eigenvalue weighted by atomic mass is 16.2. The van der Waals surface area contributed by atoms with E-state index in [1.165, 1.54) is 6.42 Å². The molecule has 2 aliphatic rings. The molecule has 2 aliphatic heterocycles. The molecule has 3 rings (SSSR count). The summed E-state index contributed by atoms with van der Waals surface area (Å²) >= 11 is 0. The standard InChI is InChI=1S/C16H25N5O/c1-12-2-5-18-14(10-12)16(22)20-13-3-8-21(9-4-13)15-11-17-6-7-19-15/h6-7,11-14,18H,2-5,8-10H2,1H3,(H,20,22). The number of nitrogens with zero attached hydrogens (tertiary/aromatic N) is 3. The molecule has 22 heavy (non-hydrogen) atoms. The van der Waals surface area contributed by atoms with Crippen molar-refractivity contribution in [3.05, 3.63) is 18.6 Å². The second kappa shape index (κ2) is 7.05. The van der Waals surface area contributed by atoms with Gasteiger partial charge in [0, 0.05) is 31.5 Å². The number of carbonyl (C=O) groups is 1. The zero-order valence-electron chi connectivity index (χ0n) is 13.2. The van der Waals surface area contributed by atoms with Crippen molar-refractivity contribution in [2.75, 3.05) is 24.5 Å². The highest BCUT2D eigenvalue weighted by Crippen LogP contribution is 2.18. The van der Waals surface area contributed by atoms with Gasteiger partial charge in [-0.2, -0.15) is 0 Å². The fourth-order valence-electron chi connectivity index (χ4n) is 3.32. The zero-order chi connectivity index (χ0) is 15.4. The molecular formula is C16H25N5O. The van der Waals surface area contributed by atoms with Gasteiger partial charge in [0.05, 0.1) is 12.2 Å². The first-order valence-corrected chi connectivity index (χ1v) is 8.27. The molecule has 1 aromatic rings. The first kappa shape index (κ1) is 15.2. The van der Waals surface area contributed by atoms with Crippen LogP contribution < -0.4 is 15.5 Å². The quantitative estimate of drug-likeness (QED) is 0.870. The van der Waals surface area contributed by atoms with Gasteiger partial charge in [-0.05, 0) is 38.1 Å². The summed E-state index contributed by atoms with van der Waals surface area (Å²) in [5.74, 6) is 1.73. The van der Waals surface area contributed by atoms with E-state index in [1.807, 2.05) is 0 Å². The van der Waals surface area contributed by atoms with Crippen molar-refractivity contribution in [3.8, 4) is 0 Å². The molecule has 6 heteroatoms. The summed E-state index contributed by atoms with van der Waals surface area (Å²) in [6.45, 7) is 5.00. The van der Waals surface area contributed by atoms with Gasteiger partial charge in [-0.25, -0.2) is 4.98 Å². The third kappa shape index (κ3) is 3.74. The molecule has 1 amide bonds. The Kier molecular flexibility index (Phi) is 4.87. The second-order valence-corrected chi connectivity index (χ2v) is 6.47. The molecule has 3 heterocycles. The summed E-state index contributed by atoms with van der Waals surface area (Å²) < 4.78 is 0. The summed E-state index contributed by atoms with van der Waals surface area (Å²) in [5.41, 5.74) is 0. The molecule has 0 aromatic carbocycles. The lowest BCUT2D eigenvalue weighted by Crippen LogP contribution is -2.53. The van der Waals surface area contributed by atoms with Crippen LogP contribution in [0.2, 0.25) is 0 Å². The van der Waals surface area contributed by atoms with Crippen molar-refractivity contribution in [1.82, 2.24) is 20.6 Å². The highest BCUT2D eigenvalue weighted by Gasteiger charge is 2.27. The van der Waals surface area contributed by atoms with Crippen molar-refractivity contribution in [2.24, 2.45) is 5.92 Å². The van der Waals surface area contributed by atoms with E-state index in [0.717, 1.165) is 44.7 Å². The van der Waals surface area contributed by atoms with E-state index in [9.17, 15) is 4.79 Å². The van der Waals surface area contributed by atoms with E-state index in [0.29, 0.717) is 5.92 Å². The molecule has 1 aromatic heterocycles. The van der Waals surface area contributed by atoms with Crippen LogP contribution >= 0.6 is 0 Å². The van der Waals surface area contributed by atoms with Gasteiger partial charge >= 0.3 is 0 Å². The minimum Gasteiger partial charge on any atom is -0.355 e. The minimum absolute atomic E-state index is 0.0123. The van der Waals surface area contributed by atoms with Gasteiger partial charge in [0.15, 0.2) is 0 Å². The van der Waals surface area contributed by atoms with E-state index >= 15 is 0 Å². The lowest BCUT2D eigenvalue weighted by Gasteiger charge is -2.34. The molecule has 2 unspecified atom stereocenters. The lowest BCUT2D eigenvalue weighted by atomic mass is 9.93. The fourth-order valence-corrected chi connectivity index (χ4v) is 3.32. The van der Waals surface area contributed by atoms with Crippen molar-refractivity contribution >= 4 is 11.7 Å². The first-order chi connectivity index (χ1) is 10.7. The maximum atomic E-state index is 12.4. The maximum absolute atomic E-state index is 12.4. The molecule has 2 N–H and O–H groups in total. The Morgan fingerprint density at radius 1 is 1.32 bits per heavy atom. The Balaban J connectivity index is 1.46. The first-order valence-electron chi connectivity index (χ1n) is 8.27. The monoisotopic (exact) mass is 303 g/mol. The molecule has 0 saturated carbocycles. The SMILES string of the molecule is CC1CCNC(C(=O)NC2CCN(c3cnccn3)CC2)C1. The Morgan fingerprint density at radius 3 is 2.82 bits per heavy atom. The van der Waals surface area contributed by atoms with Gasteiger partial charge in [-0.15, -0.1) is 0 Å². The van der Waals surface area contributed by atoms with Crippen LogP contribution in [-0.2, 0) is 4.79 Å². The van der Waals surface area contributed by atoms with Crippen molar-refractivity contribution in [1.29, 1.82) is 0 Å². The third-order valence-electron chi connectivity index (χ3n) is 4.70. The molecule has 0 bridgehead atoms. The van der Waals surface area contributed by atoms with Gasteiger partial charge < -0.3 is 15.5 Å². The van der Waals surface area contributed by atoms with Crippen LogP contribution in [0.5, 0.6) is 0 Å². The number of rotatable bonds is 3. The number of anilines is 1. The maximum Gasteiger partial charge on any atom is 0.237 e. The molecule has 2 fully saturated rings. The van der Waals surface area contributed by atoms with Crippen molar-refractivity contribution in [3.63, 3.8) is 0 Å². The lowest BCUT2D eigenvalue weighted by molar-refractivity contribution is -0.124. The predicted octanol–water partition coefficient (Wildman–Crippen LogP) is 0.950. The average molecular weight is 303 g/mol. The van der Waals surface area contributed by atoms with Crippen LogP contribution in [0.3, 0.4) is 0 Å². The number of aromatic nitrogens is 2. The van der Waals surface area contributed by atoms with Gasteiger partial charge in [-0.1, -0.05) is 6.92 Å². The van der Waals surface area contributed by atoms with Crippen molar-refractivity contribution in [2.45, 2.75) is 44.7 Å².